The Morgan fingerprint density at radius 1 is 0.387 bits per heavy atom. The van der Waals surface area contributed by atoms with E-state index in [-0.39, 0.29) is 0 Å². The lowest BCUT2D eigenvalue weighted by Gasteiger charge is -2.07. The number of aromatic nitrogens is 8. The van der Waals surface area contributed by atoms with Crippen molar-refractivity contribution in [2.45, 2.75) is 68.2 Å². The van der Waals surface area contributed by atoms with Crippen molar-refractivity contribution in [3.63, 3.8) is 0 Å². The first-order valence-corrected chi connectivity index (χ1v) is 21.2. The van der Waals surface area contributed by atoms with Crippen molar-refractivity contribution in [3.05, 3.63) is 154 Å². The molecule has 12 rings (SSSR count). The second kappa shape index (κ2) is 16.7. The van der Waals surface area contributed by atoms with Gasteiger partial charge in [0.15, 0.2) is 0 Å². The van der Waals surface area contributed by atoms with Crippen LogP contribution < -0.4 is 9.47 Å². The Labute approximate surface area is 361 Å². The molecule has 0 unspecified atom stereocenters. The van der Waals surface area contributed by atoms with Crippen molar-refractivity contribution in [2.75, 3.05) is 13.2 Å². The van der Waals surface area contributed by atoms with Gasteiger partial charge in [-0.3, -0.25) is 0 Å². The van der Waals surface area contributed by atoms with Crippen molar-refractivity contribution in [1.29, 1.82) is 0 Å². The molecule has 0 radical (unpaired) electrons. The predicted molar refractivity (Wildman–Crippen MR) is 252 cm³/mol. The fraction of sp³-hybridized carbons (Fsp3) is 0.231. The Bertz CT molecular complexity index is 3040. The zero-order valence-electron chi connectivity index (χ0n) is 36.7. The average Bonchev–Trinajstić information content (AvgIpc) is 3.95. The Balaban J connectivity index is 0.000000105. The first kappa shape index (κ1) is 40.2. The second-order valence-electron chi connectivity index (χ2n) is 16.6. The van der Waals surface area contributed by atoms with Gasteiger partial charge >= 0.3 is 0 Å². The van der Waals surface area contributed by atoms with Gasteiger partial charge in [-0.1, -0.05) is 59.7 Å². The van der Waals surface area contributed by atoms with Gasteiger partial charge in [0.1, 0.15) is 34.8 Å². The van der Waals surface area contributed by atoms with Crippen molar-refractivity contribution in [1.82, 2.24) is 39.9 Å². The summed E-state index contributed by atoms with van der Waals surface area (Å²) in [6.07, 6.45) is 1.79. The highest BCUT2D eigenvalue weighted by atomic mass is 16.5. The molecule has 6 heterocycles. The highest BCUT2D eigenvalue weighted by molar-refractivity contribution is 5.96. The predicted octanol–water partition coefficient (Wildman–Crippen LogP) is 11.9. The lowest BCUT2D eigenvalue weighted by atomic mass is 10.1. The molecule has 312 valence electrons. The van der Waals surface area contributed by atoms with Crippen molar-refractivity contribution < 1.29 is 9.47 Å². The summed E-state index contributed by atoms with van der Waals surface area (Å²) in [4.78, 5) is 31.1. The second-order valence-corrected chi connectivity index (χ2v) is 16.6. The number of rotatable bonds is 0. The van der Waals surface area contributed by atoms with Gasteiger partial charge in [-0.15, -0.1) is 0 Å². The molecule has 10 nitrogen and oxygen atoms in total. The third kappa shape index (κ3) is 8.54. The topological polar surface area (TPSA) is 133 Å². The van der Waals surface area contributed by atoms with Gasteiger partial charge in [0.2, 0.25) is 0 Å². The van der Waals surface area contributed by atoms with E-state index in [1.807, 2.05) is 27.7 Å². The maximum atomic E-state index is 5.75. The van der Waals surface area contributed by atoms with Gasteiger partial charge in [-0.2, -0.15) is 0 Å². The number of aromatic amines is 4. The van der Waals surface area contributed by atoms with Crippen LogP contribution in [-0.2, 0) is 12.8 Å². The van der Waals surface area contributed by atoms with E-state index in [9.17, 15) is 0 Å². The van der Waals surface area contributed by atoms with E-state index in [2.05, 4.69) is 165 Å². The number of hydrogen-bond donors (Lipinski definition) is 4. The van der Waals surface area contributed by atoms with E-state index < -0.39 is 0 Å². The average molecular weight is 821 g/mol. The fourth-order valence-electron chi connectivity index (χ4n) is 8.31. The number of imidazole rings is 4. The number of H-pyrrole nitrogens is 4. The molecule has 0 atom stereocenters. The van der Waals surface area contributed by atoms with E-state index >= 15 is 0 Å². The van der Waals surface area contributed by atoms with Crippen molar-refractivity contribution in [3.8, 4) is 34.0 Å². The molecule has 4 aromatic heterocycles. The van der Waals surface area contributed by atoms with E-state index in [1.54, 1.807) is 0 Å². The first-order valence-electron chi connectivity index (χ1n) is 21.2. The maximum Gasteiger partial charge on any atom is 0.129 e. The zero-order chi connectivity index (χ0) is 43.1. The summed E-state index contributed by atoms with van der Waals surface area (Å²) < 4.78 is 11.5. The van der Waals surface area contributed by atoms with Crippen LogP contribution >= 0.6 is 0 Å². The highest BCUT2D eigenvalue weighted by Crippen LogP contribution is 2.36. The third-order valence-corrected chi connectivity index (χ3v) is 11.2. The third-order valence-electron chi connectivity index (χ3n) is 11.2. The molecule has 6 aromatic carbocycles. The summed E-state index contributed by atoms with van der Waals surface area (Å²) in [6, 6.07) is 34.1. The summed E-state index contributed by atoms with van der Waals surface area (Å²) in [5, 5.41) is 5.04. The first-order chi connectivity index (χ1) is 29.9. The molecule has 0 spiro atoms. The summed E-state index contributed by atoms with van der Waals surface area (Å²) in [7, 11) is 0. The van der Waals surface area contributed by atoms with Crippen molar-refractivity contribution >= 4 is 43.6 Å². The number of hydrogen-bond acceptors (Lipinski definition) is 6. The minimum atomic E-state index is 0.713. The highest BCUT2D eigenvalue weighted by Gasteiger charge is 2.20. The molecule has 4 N–H and O–H groups in total. The number of nitrogens with one attached hydrogen (secondary N) is 4. The SMILES string of the molecule is Cc1ccc2c(c1)OCCc1[nH]c(C)nc1-2.Cc1ccc2c(c1)OCCc1[nH]c(C)nc1-2.Cc1ccc2cc3nc(C)[nH]c3cc2c1.Cc1ccc2cc3nc(C)[nH]c3cc2c1. The fourth-order valence-corrected chi connectivity index (χ4v) is 8.31. The molecule has 2 aliphatic heterocycles. The van der Waals surface area contributed by atoms with Gasteiger partial charge in [-0.25, -0.2) is 19.9 Å². The molecular weight excluding hydrogens is 769 g/mol. The van der Waals surface area contributed by atoms with Crippen LogP contribution in [0, 0.1) is 55.4 Å². The summed E-state index contributed by atoms with van der Waals surface area (Å²) >= 11 is 0. The number of aryl methyl sites for hydroxylation is 8. The molecule has 0 saturated carbocycles. The lowest BCUT2D eigenvalue weighted by molar-refractivity contribution is 0.325. The van der Waals surface area contributed by atoms with Gasteiger partial charge in [-0.05, 0) is 137 Å². The maximum absolute atomic E-state index is 5.75. The Morgan fingerprint density at radius 3 is 1.21 bits per heavy atom. The molecule has 2 aliphatic rings. The number of ether oxygens (including phenoxy) is 2. The van der Waals surface area contributed by atoms with Crippen LogP contribution in [-0.4, -0.2) is 53.1 Å². The Morgan fingerprint density at radius 2 is 0.774 bits per heavy atom. The van der Waals surface area contributed by atoms with Crippen molar-refractivity contribution in [2.24, 2.45) is 0 Å². The van der Waals surface area contributed by atoms with Crippen LogP contribution in [0.15, 0.2) is 97.1 Å². The minimum Gasteiger partial charge on any atom is -0.492 e. The standard InChI is InChI=1S/2C13H14N2O.2C13H12N2/c2*1-8-3-4-10-12(7-8)16-6-5-11-13(10)15-9(2)14-11;2*1-8-3-4-10-6-12-13(7-11(10)5-8)15-9(2)14-12/h2*3-4,7H,5-6H2,1-2H3,(H,14,15);2*3-7H,1-2H3,(H,14,15). The largest absolute Gasteiger partial charge is 0.492 e. The summed E-state index contributed by atoms with van der Waals surface area (Å²) in [6.45, 7) is 17.7. The van der Waals surface area contributed by atoms with E-state index in [0.717, 1.165) is 92.2 Å². The molecule has 0 bridgehead atoms. The van der Waals surface area contributed by atoms with Crippen LogP contribution in [0.4, 0.5) is 0 Å². The van der Waals surface area contributed by atoms with Crippen LogP contribution in [0.1, 0.15) is 56.9 Å². The van der Waals surface area contributed by atoms with Crippen LogP contribution in [0.2, 0.25) is 0 Å². The smallest absolute Gasteiger partial charge is 0.129 e. The molecule has 0 fully saturated rings. The number of nitrogens with zero attached hydrogens (tertiary/aromatic N) is 4. The van der Waals surface area contributed by atoms with Gasteiger partial charge in [0.05, 0.1) is 46.7 Å². The molecule has 0 amide bonds. The molecule has 10 heteroatoms. The summed E-state index contributed by atoms with van der Waals surface area (Å²) in [5.74, 6) is 5.78. The van der Waals surface area contributed by atoms with Crippen LogP contribution in [0.3, 0.4) is 0 Å². The van der Waals surface area contributed by atoms with E-state index in [1.165, 1.54) is 55.2 Å². The van der Waals surface area contributed by atoms with Gasteiger partial charge in [0.25, 0.3) is 0 Å². The quantitative estimate of drug-likeness (QED) is 0.120. The Kier molecular flexibility index (Phi) is 10.8. The van der Waals surface area contributed by atoms with E-state index in [4.69, 9.17) is 9.47 Å². The Hall–Kier alpha value is -7.20. The van der Waals surface area contributed by atoms with Crippen LogP contribution in [0.25, 0.3) is 66.1 Å². The molecular formula is C52H52N8O2. The minimum absolute atomic E-state index is 0.713. The van der Waals surface area contributed by atoms with Gasteiger partial charge in [0, 0.05) is 35.4 Å². The number of fused-ring (bicyclic) bond motifs is 10. The molecule has 62 heavy (non-hydrogen) atoms. The van der Waals surface area contributed by atoms with Gasteiger partial charge < -0.3 is 29.4 Å². The lowest BCUT2D eigenvalue weighted by Crippen LogP contribution is -1.99. The monoisotopic (exact) mass is 820 g/mol. The molecule has 0 aliphatic carbocycles. The van der Waals surface area contributed by atoms with E-state index in [0.29, 0.717) is 13.2 Å². The zero-order valence-corrected chi connectivity index (χ0v) is 36.7. The number of benzene rings is 6. The molecule has 10 aromatic rings. The summed E-state index contributed by atoms with van der Waals surface area (Å²) in [5.41, 5.74) is 16.0. The molecule has 0 saturated heterocycles. The van der Waals surface area contributed by atoms with Crippen LogP contribution in [0.5, 0.6) is 11.5 Å². The normalized spacial score (nSPS) is 12.5.